The maximum atomic E-state index is 4.20. The summed E-state index contributed by atoms with van der Waals surface area (Å²) in [5.74, 6) is 0.426. The Morgan fingerprint density at radius 1 is 1.33 bits per heavy atom. The lowest BCUT2D eigenvalue weighted by Gasteiger charge is -2.01. The third-order valence-corrected chi connectivity index (χ3v) is 1.75. The Balaban J connectivity index is 2.39. The molecule has 0 aromatic carbocycles. The van der Waals surface area contributed by atoms with Crippen LogP contribution in [0.3, 0.4) is 0 Å². The number of aliphatic imine (C=N–C) groups is 1. The highest BCUT2D eigenvalue weighted by atomic mass is 15.1. The van der Waals surface area contributed by atoms with E-state index in [9.17, 15) is 0 Å². The van der Waals surface area contributed by atoms with Gasteiger partial charge in [-0.3, -0.25) is 0 Å². The second-order valence-corrected chi connectivity index (χ2v) is 3.29. The van der Waals surface area contributed by atoms with Crippen molar-refractivity contribution in [2.45, 2.75) is 0 Å². The van der Waals surface area contributed by atoms with Crippen LogP contribution in [0.2, 0.25) is 0 Å². The van der Waals surface area contributed by atoms with Crippen LogP contribution in [0, 0.1) is 0 Å². The fourth-order valence-electron chi connectivity index (χ4n) is 1.08. The Morgan fingerprint density at radius 3 is 3.00 bits per heavy atom. The molecule has 0 saturated carbocycles. The Morgan fingerprint density at radius 2 is 2.20 bits per heavy atom. The fraction of sp³-hybridized carbons (Fsp3) is 0.200. The van der Waals surface area contributed by atoms with Gasteiger partial charge in [0, 0.05) is 31.9 Å². The smallest absolute Gasteiger partial charge is 0.252 e. The summed E-state index contributed by atoms with van der Waals surface area (Å²) in [4.78, 5) is 18.4. The second kappa shape index (κ2) is 4.00. The normalized spacial score (nSPS) is 11.1. The molecular weight excluding hydrogens is 190 g/mol. The van der Waals surface area contributed by atoms with E-state index in [1.165, 1.54) is 0 Å². The van der Waals surface area contributed by atoms with E-state index in [1.807, 2.05) is 31.1 Å². The van der Waals surface area contributed by atoms with E-state index >= 15 is 0 Å². The van der Waals surface area contributed by atoms with Crippen molar-refractivity contribution in [3.8, 4) is 0 Å². The maximum absolute atomic E-state index is 4.20. The lowest BCUT2D eigenvalue weighted by molar-refractivity contribution is 0.642. The third-order valence-electron chi connectivity index (χ3n) is 1.75. The van der Waals surface area contributed by atoms with Crippen molar-refractivity contribution in [1.29, 1.82) is 0 Å². The van der Waals surface area contributed by atoms with Crippen molar-refractivity contribution in [3.05, 3.63) is 24.5 Å². The summed E-state index contributed by atoms with van der Waals surface area (Å²) in [7, 11) is 3.78. The minimum atomic E-state index is 0.426. The Kier molecular flexibility index (Phi) is 2.53. The van der Waals surface area contributed by atoms with Gasteiger partial charge in [-0.1, -0.05) is 0 Å². The summed E-state index contributed by atoms with van der Waals surface area (Å²) in [5, 5.41) is 0.918. The van der Waals surface area contributed by atoms with Crippen molar-refractivity contribution in [1.82, 2.24) is 19.9 Å². The first-order valence-corrected chi connectivity index (χ1v) is 4.54. The molecule has 2 rings (SSSR count). The van der Waals surface area contributed by atoms with E-state index in [1.54, 1.807) is 18.7 Å². The van der Waals surface area contributed by atoms with Gasteiger partial charge in [0.25, 0.3) is 5.95 Å². The molecule has 0 bridgehead atoms. The van der Waals surface area contributed by atoms with Gasteiger partial charge in [0.2, 0.25) is 0 Å². The topological polar surface area (TPSA) is 54.3 Å². The molecule has 2 heterocycles. The summed E-state index contributed by atoms with van der Waals surface area (Å²) in [6.07, 6.45) is 5.08. The monoisotopic (exact) mass is 201 g/mol. The molecule has 0 saturated heterocycles. The molecule has 0 spiro atoms. The molecule has 0 unspecified atom stereocenters. The van der Waals surface area contributed by atoms with Gasteiger partial charge in [0.05, 0.1) is 6.34 Å². The summed E-state index contributed by atoms with van der Waals surface area (Å²) < 4.78 is 0. The van der Waals surface area contributed by atoms with Crippen LogP contribution in [0.4, 0.5) is 5.95 Å². The highest BCUT2D eigenvalue weighted by Crippen LogP contribution is 2.10. The highest BCUT2D eigenvalue weighted by molar-refractivity contribution is 5.74. The number of rotatable bonds is 2. The van der Waals surface area contributed by atoms with Crippen LogP contribution in [0.15, 0.2) is 29.5 Å². The Labute approximate surface area is 87.5 Å². The summed E-state index contributed by atoms with van der Waals surface area (Å²) in [6, 6.07) is 3.77. The number of hydrogen-bond donors (Lipinski definition) is 0. The Bertz CT molecular complexity index is 492. The van der Waals surface area contributed by atoms with Crippen molar-refractivity contribution >= 4 is 23.3 Å². The van der Waals surface area contributed by atoms with Crippen LogP contribution in [-0.2, 0) is 0 Å². The molecule has 5 heteroatoms. The highest BCUT2D eigenvalue weighted by Gasteiger charge is 1.97. The average molecular weight is 201 g/mol. The molecule has 0 fully saturated rings. The SMILES string of the molecule is CN(C)C=Nc1ncc2cccnc2n1. The zero-order chi connectivity index (χ0) is 10.7. The van der Waals surface area contributed by atoms with Crippen LogP contribution in [0.1, 0.15) is 0 Å². The predicted molar refractivity (Wildman–Crippen MR) is 59.2 cm³/mol. The lowest BCUT2D eigenvalue weighted by atomic mass is 10.3. The summed E-state index contributed by atoms with van der Waals surface area (Å²) in [5.41, 5.74) is 0.665. The molecule has 15 heavy (non-hydrogen) atoms. The molecule has 2 aromatic heterocycles. The van der Waals surface area contributed by atoms with E-state index in [-0.39, 0.29) is 0 Å². The predicted octanol–water partition coefficient (Wildman–Crippen LogP) is 1.25. The molecule has 0 aliphatic rings. The van der Waals surface area contributed by atoms with Crippen LogP contribution >= 0.6 is 0 Å². The first-order valence-electron chi connectivity index (χ1n) is 4.54. The van der Waals surface area contributed by atoms with Crippen molar-refractivity contribution in [2.75, 3.05) is 14.1 Å². The van der Waals surface area contributed by atoms with Crippen molar-refractivity contribution in [2.24, 2.45) is 4.99 Å². The number of aromatic nitrogens is 3. The van der Waals surface area contributed by atoms with E-state index in [4.69, 9.17) is 0 Å². The van der Waals surface area contributed by atoms with E-state index in [2.05, 4.69) is 19.9 Å². The number of nitrogens with zero attached hydrogens (tertiary/aromatic N) is 5. The van der Waals surface area contributed by atoms with Gasteiger partial charge < -0.3 is 4.90 Å². The standard InChI is InChI=1S/C10H11N5/c1-15(2)7-13-10-12-6-8-4-3-5-11-9(8)14-10/h3-7H,1-2H3. The number of pyridine rings is 1. The molecule has 0 aliphatic carbocycles. The lowest BCUT2D eigenvalue weighted by Crippen LogP contribution is -2.07. The molecule has 76 valence electrons. The van der Waals surface area contributed by atoms with Gasteiger partial charge >= 0.3 is 0 Å². The van der Waals surface area contributed by atoms with Gasteiger partial charge in [-0.25, -0.2) is 15.0 Å². The molecule has 2 aromatic rings. The zero-order valence-electron chi connectivity index (χ0n) is 8.62. The van der Waals surface area contributed by atoms with Crippen LogP contribution in [0.25, 0.3) is 11.0 Å². The van der Waals surface area contributed by atoms with Gasteiger partial charge in [-0.05, 0) is 12.1 Å². The number of fused-ring (bicyclic) bond motifs is 1. The van der Waals surface area contributed by atoms with Crippen LogP contribution in [0.5, 0.6) is 0 Å². The molecule has 0 amide bonds. The van der Waals surface area contributed by atoms with E-state index < -0.39 is 0 Å². The quantitative estimate of drug-likeness (QED) is 0.542. The minimum absolute atomic E-state index is 0.426. The first kappa shape index (κ1) is 9.51. The summed E-state index contributed by atoms with van der Waals surface area (Å²) >= 11 is 0. The van der Waals surface area contributed by atoms with Gasteiger partial charge in [-0.2, -0.15) is 4.98 Å². The average Bonchev–Trinajstić information content (AvgIpc) is 2.26. The van der Waals surface area contributed by atoms with E-state index in [0.29, 0.717) is 11.6 Å². The molecular formula is C10H11N5. The van der Waals surface area contributed by atoms with Crippen molar-refractivity contribution in [3.63, 3.8) is 0 Å². The van der Waals surface area contributed by atoms with Gasteiger partial charge in [0.15, 0.2) is 5.65 Å². The molecule has 0 radical (unpaired) electrons. The zero-order valence-corrected chi connectivity index (χ0v) is 8.62. The van der Waals surface area contributed by atoms with Crippen LogP contribution < -0.4 is 0 Å². The third kappa shape index (κ3) is 2.25. The largest absolute Gasteiger partial charge is 0.369 e. The number of hydrogen-bond acceptors (Lipinski definition) is 4. The first-order chi connectivity index (χ1) is 7.25. The second-order valence-electron chi connectivity index (χ2n) is 3.29. The van der Waals surface area contributed by atoms with Crippen LogP contribution in [-0.4, -0.2) is 40.3 Å². The molecule has 0 N–H and O–H groups in total. The van der Waals surface area contributed by atoms with Gasteiger partial charge in [-0.15, -0.1) is 0 Å². The minimum Gasteiger partial charge on any atom is -0.369 e. The molecule has 0 aliphatic heterocycles. The van der Waals surface area contributed by atoms with E-state index in [0.717, 1.165) is 5.39 Å². The Hall–Kier alpha value is -2.04. The van der Waals surface area contributed by atoms with Crippen molar-refractivity contribution < 1.29 is 0 Å². The summed E-state index contributed by atoms with van der Waals surface area (Å²) in [6.45, 7) is 0. The fourth-order valence-corrected chi connectivity index (χ4v) is 1.08. The van der Waals surface area contributed by atoms with Gasteiger partial charge in [0.1, 0.15) is 0 Å². The maximum Gasteiger partial charge on any atom is 0.252 e. The molecule has 0 atom stereocenters. The molecule has 5 nitrogen and oxygen atoms in total.